The average molecular weight is 771 g/mol. The third kappa shape index (κ3) is 4.79. The highest BCUT2D eigenvalue weighted by Gasteiger charge is 2.24. The van der Waals surface area contributed by atoms with Crippen LogP contribution in [0.15, 0.2) is 191 Å². The summed E-state index contributed by atoms with van der Waals surface area (Å²) in [7, 11) is 0. The highest BCUT2D eigenvalue weighted by molar-refractivity contribution is 6.23. The molecule has 0 saturated heterocycles. The second-order valence-corrected chi connectivity index (χ2v) is 15.0. The maximum atomic E-state index is 6.34. The van der Waals surface area contributed by atoms with Crippen LogP contribution in [0.2, 0.25) is 0 Å². The Bertz CT molecular complexity index is 3800. The number of fused-ring (bicyclic) bond motifs is 11. The van der Waals surface area contributed by atoms with Crippen molar-refractivity contribution < 1.29 is 8.83 Å². The van der Waals surface area contributed by atoms with Crippen LogP contribution in [0.4, 0.5) is 0 Å². The summed E-state index contributed by atoms with van der Waals surface area (Å²) in [5.74, 6) is 2.25. The number of furan rings is 1. The van der Waals surface area contributed by atoms with Gasteiger partial charge in [0.1, 0.15) is 16.7 Å². The van der Waals surface area contributed by atoms with Gasteiger partial charge in [0.15, 0.2) is 17.2 Å². The fraction of sp³-hybridized carbons (Fsp3) is 0. The lowest BCUT2D eigenvalue weighted by atomic mass is 10.1. The van der Waals surface area contributed by atoms with E-state index in [1.165, 1.54) is 0 Å². The summed E-state index contributed by atoms with van der Waals surface area (Å²) in [5, 5.41) is 6.44. The first-order chi connectivity index (χ1) is 29.7. The monoisotopic (exact) mass is 770 g/mol. The normalized spacial score (nSPS) is 12.0. The number of benzene rings is 8. The predicted octanol–water partition coefficient (Wildman–Crippen LogP) is 13.1. The smallest absolute Gasteiger partial charge is 0.238 e. The van der Waals surface area contributed by atoms with Crippen LogP contribution in [-0.2, 0) is 0 Å². The molecule has 13 rings (SSSR count). The number of hydrogen-bond donors (Lipinski definition) is 0. The minimum atomic E-state index is 0.519. The predicted molar refractivity (Wildman–Crippen MR) is 240 cm³/mol. The number of nitrogens with zero attached hydrogens (tertiary/aromatic N) is 6. The molecule has 5 aromatic heterocycles. The molecule has 0 aliphatic heterocycles. The van der Waals surface area contributed by atoms with Crippen LogP contribution in [0.5, 0.6) is 0 Å². The first-order valence-corrected chi connectivity index (χ1v) is 19.9. The minimum absolute atomic E-state index is 0.519. The van der Waals surface area contributed by atoms with E-state index >= 15 is 0 Å². The molecule has 280 valence electrons. The standard InChI is InChI=1S/C52H30N6O2/c1-2-13-31(14-3-1)49-54-50(39-18-12-24-45-46(39)38-17-6-10-22-43(38)59-45)56-52(55-49)58-42-21-9-5-16-35(42)37-30-29-36-34-15-4-8-20-41(34)57(47(36)48(37)58)33-27-25-32(26-28-33)51-53-40-19-7-11-23-44(40)60-51/h1-30H. The third-order valence-corrected chi connectivity index (χ3v) is 11.6. The first kappa shape index (κ1) is 32.7. The van der Waals surface area contributed by atoms with Crippen molar-refractivity contribution in [3.63, 3.8) is 0 Å². The van der Waals surface area contributed by atoms with Gasteiger partial charge >= 0.3 is 0 Å². The second kappa shape index (κ2) is 12.6. The summed E-state index contributed by atoms with van der Waals surface area (Å²) in [4.78, 5) is 20.7. The molecule has 60 heavy (non-hydrogen) atoms. The summed E-state index contributed by atoms with van der Waals surface area (Å²) in [6, 6.07) is 62.2. The molecule has 0 amide bonds. The Kier molecular flexibility index (Phi) is 6.85. The highest BCUT2D eigenvalue weighted by atomic mass is 16.3. The van der Waals surface area contributed by atoms with Gasteiger partial charge in [-0.25, -0.2) is 9.97 Å². The molecule has 0 unspecified atom stereocenters. The Morgan fingerprint density at radius 1 is 0.367 bits per heavy atom. The van der Waals surface area contributed by atoms with Crippen LogP contribution in [0.1, 0.15) is 0 Å². The number of hydrogen-bond acceptors (Lipinski definition) is 6. The van der Waals surface area contributed by atoms with E-state index in [2.05, 4.69) is 106 Å². The van der Waals surface area contributed by atoms with E-state index in [1.54, 1.807) is 0 Å². The average Bonchev–Trinajstić information content (AvgIpc) is 4.08. The molecular formula is C52H30N6O2. The molecule has 0 atom stereocenters. The Morgan fingerprint density at radius 3 is 1.75 bits per heavy atom. The first-order valence-electron chi connectivity index (χ1n) is 19.9. The Balaban J connectivity index is 1.12. The van der Waals surface area contributed by atoms with Gasteiger partial charge in [-0.15, -0.1) is 0 Å². The van der Waals surface area contributed by atoms with Gasteiger partial charge in [0.25, 0.3) is 0 Å². The van der Waals surface area contributed by atoms with E-state index < -0.39 is 0 Å². The lowest BCUT2D eigenvalue weighted by Crippen LogP contribution is -2.07. The fourth-order valence-electron chi connectivity index (χ4n) is 8.99. The maximum Gasteiger partial charge on any atom is 0.238 e. The van der Waals surface area contributed by atoms with Crippen molar-refractivity contribution >= 4 is 76.6 Å². The molecule has 0 saturated carbocycles. The van der Waals surface area contributed by atoms with Gasteiger partial charge in [-0.3, -0.25) is 4.57 Å². The van der Waals surface area contributed by atoms with Crippen molar-refractivity contribution in [2.45, 2.75) is 0 Å². The molecule has 8 heteroatoms. The van der Waals surface area contributed by atoms with Crippen LogP contribution in [-0.4, -0.2) is 29.1 Å². The van der Waals surface area contributed by atoms with Gasteiger partial charge in [-0.1, -0.05) is 121 Å². The zero-order valence-corrected chi connectivity index (χ0v) is 31.8. The van der Waals surface area contributed by atoms with Crippen LogP contribution in [0.3, 0.4) is 0 Å². The number of aromatic nitrogens is 6. The molecule has 8 aromatic carbocycles. The molecular weight excluding hydrogens is 741 g/mol. The Labute approximate surface area is 341 Å². The summed E-state index contributed by atoms with van der Waals surface area (Å²) >= 11 is 0. The van der Waals surface area contributed by atoms with Gasteiger partial charge in [0.05, 0.1) is 22.1 Å². The van der Waals surface area contributed by atoms with Gasteiger partial charge in [0, 0.05) is 54.7 Å². The molecule has 0 radical (unpaired) electrons. The van der Waals surface area contributed by atoms with Crippen molar-refractivity contribution in [3.8, 4) is 45.9 Å². The molecule has 0 spiro atoms. The van der Waals surface area contributed by atoms with E-state index in [0.29, 0.717) is 23.5 Å². The van der Waals surface area contributed by atoms with E-state index in [9.17, 15) is 0 Å². The largest absolute Gasteiger partial charge is 0.456 e. The molecule has 0 aliphatic carbocycles. The lowest BCUT2D eigenvalue weighted by molar-refractivity contribution is 0.620. The van der Waals surface area contributed by atoms with Crippen LogP contribution in [0, 0.1) is 0 Å². The van der Waals surface area contributed by atoms with Gasteiger partial charge in [-0.2, -0.15) is 9.97 Å². The summed E-state index contributed by atoms with van der Waals surface area (Å²) in [6.07, 6.45) is 0. The number of rotatable bonds is 5. The molecule has 13 aromatic rings. The molecule has 8 nitrogen and oxygen atoms in total. The van der Waals surface area contributed by atoms with Gasteiger partial charge in [0.2, 0.25) is 11.8 Å². The quantitative estimate of drug-likeness (QED) is 0.173. The zero-order chi connectivity index (χ0) is 39.3. The SMILES string of the molecule is c1ccc(-c2nc(-c3cccc4oc5ccccc5c34)nc(-n3c4ccccc4c4ccc5c6ccccc6n(-c6ccc(-c7nc8ccccc8o7)cc6)c5c43)n2)cc1. The zero-order valence-electron chi connectivity index (χ0n) is 31.8. The molecule has 0 bridgehead atoms. The van der Waals surface area contributed by atoms with E-state index in [1.807, 2.05) is 84.9 Å². The van der Waals surface area contributed by atoms with Crippen molar-refractivity contribution in [1.29, 1.82) is 0 Å². The van der Waals surface area contributed by atoms with Crippen LogP contribution in [0.25, 0.3) is 123 Å². The molecule has 0 aliphatic rings. The Hall–Kier alpha value is -8.36. The van der Waals surface area contributed by atoms with Crippen LogP contribution >= 0.6 is 0 Å². The number of oxazole rings is 1. The summed E-state index contributed by atoms with van der Waals surface area (Å²) < 4.78 is 17.1. The molecule has 0 fully saturated rings. The third-order valence-electron chi connectivity index (χ3n) is 11.6. The van der Waals surface area contributed by atoms with E-state index in [0.717, 1.165) is 99.0 Å². The van der Waals surface area contributed by atoms with E-state index in [-0.39, 0.29) is 0 Å². The summed E-state index contributed by atoms with van der Waals surface area (Å²) in [5.41, 5.74) is 11.0. The van der Waals surface area contributed by atoms with Crippen molar-refractivity contribution in [2.24, 2.45) is 0 Å². The minimum Gasteiger partial charge on any atom is -0.456 e. The van der Waals surface area contributed by atoms with Crippen molar-refractivity contribution in [2.75, 3.05) is 0 Å². The van der Waals surface area contributed by atoms with Gasteiger partial charge in [-0.05, 0) is 60.7 Å². The lowest BCUT2D eigenvalue weighted by Gasteiger charge is -2.13. The Morgan fingerprint density at radius 2 is 0.983 bits per heavy atom. The molecule has 5 heterocycles. The van der Waals surface area contributed by atoms with Crippen LogP contribution < -0.4 is 0 Å². The maximum absolute atomic E-state index is 6.34. The highest BCUT2D eigenvalue weighted by Crippen LogP contribution is 2.42. The van der Waals surface area contributed by atoms with Gasteiger partial charge < -0.3 is 13.4 Å². The van der Waals surface area contributed by atoms with Crippen molar-refractivity contribution in [1.82, 2.24) is 29.1 Å². The molecule has 0 N–H and O–H groups in total. The topological polar surface area (TPSA) is 87.7 Å². The fourth-order valence-corrected chi connectivity index (χ4v) is 8.99. The van der Waals surface area contributed by atoms with E-state index in [4.69, 9.17) is 28.8 Å². The second-order valence-electron chi connectivity index (χ2n) is 15.0. The van der Waals surface area contributed by atoms with Crippen molar-refractivity contribution in [3.05, 3.63) is 182 Å². The number of para-hydroxylation sites is 5. The summed E-state index contributed by atoms with van der Waals surface area (Å²) in [6.45, 7) is 0.